The van der Waals surface area contributed by atoms with Crippen molar-refractivity contribution < 1.29 is 18.1 Å². The van der Waals surface area contributed by atoms with Crippen LogP contribution in [0.15, 0.2) is 28.5 Å². The molecule has 5 heteroatoms. The molecule has 1 aliphatic heterocycles. The van der Waals surface area contributed by atoms with Crippen molar-refractivity contribution in [1.82, 2.24) is 0 Å². The highest BCUT2D eigenvalue weighted by atomic mass is 19.1. The average Bonchev–Trinajstić information content (AvgIpc) is 2.74. The second kappa shape index (κ2) is 4.00. The number of halogens is 1. The molecule has 1 aromatic heterocycles. The van der Waals surface area contributed by atoms with Crippen LogP contribution in [0.2, 0.25) is 0 Å². The Morgan fingerprint density at radius 2 is 1.82 bits per heavy atom. The zero-order valence-electron chi connectivity index (χ0n) is 10.5. The Balaban J connectivity index is 2.16. The molecule has 0 amide bonds. The molecule has 0 radical (unpaired) electrons. The first-order valence-electron chi connectivity index (χ1n) is 5.58. The van der Waals surface area contributed by atoms with Crippen LogP contribution in [0.4, 0.5) is 4.39 Å². The van der Waals surface area contributed by atoms with Gasteiger partial charge in [0.05, 0.1) is 17.5 Å². The van der Waals surface area contributed by atoms with Gasteiger partial charge in [0.15, 0.2) is 0 Å². The lowest BCUT2D eigenvalue weighted by molar-refractivity contribution is 0.00578. The summed E-state index contributed by atoms with van der Waals surface area (Å²) in [5.41, 5.74) is -1.56. The molecule has 2 rings (SSSR count). The Labute approximate surface area is 101 Å². The van der Waals surface area contributed by atoms with Crippen molar-refractivity contribution in [2.24, 2.45) is 0 Å². The fourth-order valence-electron chi connectivity index (χ4n) is 1.53. The third-order valence-corrected chi connectivity index (χ3v) is 3.30. The molecule has 1 aliphatic rings. The number of furan rings is 1. The lowest BCUT2D eigenvalue weighted by Gasteiger charge is -2.32. The normalized spacial score (nSPS) is 23.1. The molecular weight excluding hydrogens is 222 g/mol. The largest absolute Gasteiger partial charge is 0.525 e. The van der Waals surface area contributed by atoms with Gasteiger partial charge in [0, 0.05) is 6.08 Å². The molecule has 0 atom stereocenters. The van der Waals surface area contributed by atoms with E-state index in [0.717, 1.165) is 0 Å². The van der Waals surface area contributed by atoms with Crippen LogP contribution >= 0.6 is 0 Å². The molecule has 0 unspecified atom stereocenters. The van der Waals surface area contributed by atoms with Gasteiger partial charge >= 0.3 is 7.12 Å². The Morgan fingerprint density at radius 1 is 1.24 bits per heavy atom. The molecule has 0 saturated carbocycles. The lowest BCUT2D eigenvalue weighted by atomic mass is 9.87. The smallest absolute Gasteiger partial charge is 0.465 e. The summed E-state index contributed by atoms with van der Waals surface area (Å²) in [4.78, 5) is 0. The molecule has 0 N–H and O–H groups in total. The topological polar surface area (TPSA) is 31.6 Å². The van der Waals surface area contributed by atoms with Crippen molar-refractivity contribution in [2.45, 2.75) is 38.9 Å². The van der Waals surface area contributed by atoms with Crippen LogP contribution in [0, 0.1) is 0 Å². The highest BCUT2D eigenvalue weighted by molar-refractivity contribution is 6.54. The summed E-state index contributed by atoms with van der Waals surface area (Å²) < 4.78 is 30.1. The van der Waals surface area contributed by atoms with Crippen LogP contribution in [0.3, 0.4) is 0 Å². The minimum Gasteiger partial charge on any atom is -0.465 e. The van der Waals surface area contributed by atoms with Gasteiger partial charge in [0.2, 0.25) is 0 Å². The molecule has 0 aromatic carbocycles. The van der Waals surface area contributed by atoms with E-state index in [1.54, 1.807) is 12.1 Å². The number of rotatable bonds is 2. The van der Waals surface area contributed by atoms with Gasteiger partial charge in [-0.05, 0) is 39.8 Å². The van der Waals surface area contributed by atoms with Crippen molar-refractivity contribution in [3.05, 3.63) is 29.9 Å². The first-order valence-corrected chi connectivity index (χ1v) is 5.58. The van der Waals surface area contributed by atoms with Gasteiger partial charge in [0.25, 0.3) is 0 Å². The summed E-state index contributed by atoms with van der Waals surface area (Å²) in [6.45, 7) is 7.53. The molecule has 0 bridgehead atoms. The second-order valence-corrected chi connectivity index (χ2v) is 5.13. The summed E-state index contributed by atoms with van der Waals surface area (Å²) in [5.74, 6) is 0.442. The molecule has 92 valence electrons. The van der Waals surface area contributed by atoms with E-state index in [1.165, 1.54) is 12.3 Å². The molecule has 2 heterocycles. The minimum atomic E-state index is -0.968. The lowest BCUT2D eigenvalue weighted by Crippen LogP contribution is -2.41. The predicted molar refractivity (Wildman–Crippen MR) is 63.9 cm³/mol. The maximum absolute atomic E-state index is 13.9. The van der Waals surface area contributed by atoms with Gasteiger partial charge in [-0.2, -0.15) is 0 Å². The number of hydrogen-bond acceptors (Lipinski definition) is 3. The van der Waals surface area contributed by atoms with E-state index >= 15 is 0 Å². The van der Waals surface area contributed by atoms with Crippen molar-refractivity contribution in [3.63, 3.8) is 0 Å². The van der Waals surface area contributed by atoms with Gasteiger partial charge in [0.1, 0.15) is 11.5 Å². The highest BCUT2D eigenvalue weighted by Crippen LogP contribution is 2.38. The minimum absolute atomic E-state index is 0.442. The Bertz CT molecular complexity index is 407. The van der Waals surface area contributed by atoms with E-state index in [0.29, 0.717) is 5.76 Å². The highest BCUT2D eigenvalue weighted by Gasteiger charge is 2.53. The SMILES string of the molecule is CC1(C)OB(C(F)=Cc2ccco2)OC1(C)C. The maximum atomic E-state index is 13.9. The van der Waals surface area contributed by atoms with E-state index < -0.39 is 24.0 Å². The Kier molecular flexibility index (Phi) is 2.91. The molecule has 1 saturated heterocycles. The third kappa shape index (κ3) is 2.30. The zero-order chi connectivity index (χ0) is 12.7. The summed E-state index contributed by atoms with van der Waals surface area (Å²) in [6.07, 6.45) is 2.77. The van der Waals surface area contributed by atoms with Crippen LogP contribution in [-0.2, 0) is 9.31 Å². The Hall–Kier alpha value is -1.07. The molecular formula is C12H16BFO3. The van der Waals surface area contributed by atoms with Gasteiger partial charge in [-0.1, -0.05) is 0 Å². The monoisotopic (exact) mass is 238 g/mol. The first-order chi connectivity index (χ1) is 7.82. The second-order valence-electron chi connectivity index (χ2n) is 5.13. The van der Waals surface area contributed by atoms with Crippen molar-refractivity contribution in [3.8, 4) is 0 Å². The molecule has 0 aliphatic carbocycles. The first kappa shape index (κ1) is 12.4. The van der Waals surface area contributed by atoms with Crippen LogP contribution < -0.4 is 0 Å². The van der Waals surface area contributed by atoms with E-state index in [2.05, 4.69) is 0 Å². The third-order valence-electron chi connectivity index (χ3n) is 3.30. The average molecular weight is 238 g/mol. The summed E-state index contributed by atoms with van der Waals surface area (Å²) in [7, 11) is -0.968. The van der Waals surface area contributed by atoms with Gasteiger partial charge in [-0.15, -0.1) is 0 Å². The summed E-state index contributed by atoms with van der Waals surface area (Å²) in [5, 5.41) is 0. The van der Waals surface area contributed by atoms with E-state index in [9.17, 15) is 4.39 Å². The fourth-order valence-corrected chi connectivity index (χ4v) is 1.53. The van der Waals surface area contributed by atoms with Crippen LogP contribution in [0.5, 0.6) is 0 Å². The van der Waals surface area contributed by atoms with Crippen LogP contribution in [-0.4, -0.2) is 18.3 Å². The van der Waals surface area contributed by atoms with Gasteiger partial charge in [-0.25, -0.2) is 4.39 Å². The standard InChI is InChI=1S/C12H16BFO3/c1-11(2)12(3,4)17-13(16-11)10(14)8-9-6-5-7-15-9/h5-8H,1-4H3. The molecule has 3 nitrogen and oxygen atoms in total. The predicted octanol–water partition coefficient (Wildman–Crippen LogP) is 3.22. The Morgan fingerprint density at radius 3 is 2.29 bits per heavy atom. The number of hydrogen-bond donors (Lipinski definition) is 0. The van der Waals surface area contributed by atoms with E-state index in [4.69, 9.17) is 13.7 Å². The molecule has 1 fully saturated rings. The quantitative estimate of drug-likeness (QED) is 0.741. The van der Waals surface area contributed by atoms with Crippen molar-refractivity contribution >= 4 is 13.2 Å². The fraction of sp³-hybridized carbons (Fsp3) is 0.500. The molecule has 17 heavy (non-hydrogen) atoms. The van der Waals surface area contributed by atoms with Crippen molar-refractivity contribution in [1.29, 1.82) is 0 Å². The molecule has 0 spiro atoms. The molecule has 1 aromatic rings. The maximum Gasteiger partial charge on any atom is 0.525 e. The van der Waals surface area contributed by atoms with E-state index in [-0.39, 0.29) is 0 Å². The van der Waals surface area contributed by atoms with Gasteiger partial charge < -0.3 is 13.7 Å². The zero-order valence-corrected chi connectivity index (χ0v) is 10.5. The van der Waals surface area contributed by atoms with Crippen LogP contribution in [0.25, 0.3) is 6.08 Å². The summed E-state index contributed by atoms with van der Waals surface area (Å²) >= 11 is 0. The van der Waals surface area contributed by atoms with Crippen LogP contribution in [0.1, 0.15) is 33.5 Å². The van der Waals surface area contributed by atoms with Gasteiger partial charge in [-0.3, -0.25) is 0 Å². The van der Waals surface area contributed by atoms with Crippen molar-refractivity contribution in [2.75, 3.05) is 0 Å². The summed E-state index contributed by atoms with van der Waals surface area (Å²) in [6, 6.07) is 3.37. The van der Waals surface area contributed by atoms with E-state index in [1.807, 2.05) is 27.7 Å².